The summed E-state index contributed by atoms with van der Waals surface area (Å²) in [6, 6.07) is 5.35. The van der Waals surface area contributed by atoms with E-state index in [-0.39, 0.29) is 10.6 Å². The van der Waals surface area contributed by atoms with Crippen LogP contribution in [0.2, 0.25) is 0 Å². The summed E-state index contributed by atoms with van der Waals surface area (Å²) in [6.45, 7) is 2.66. The van der Waals surface area contributed by atoms with E-state index in [2.05, 4.69) is 5.32 Å². The van der Waals surface area contributed by atoms with Crippen molar-refractivity contribution in [3.63, 3.8) is 0 Å². The van der Waals surface area contributed by atoms with E-state index in [1.165, 1.54) is 25.7 Å². The molecule has 0 spiro atoms. The van der Waals surface area contributed by atoms with Gasteiger partial charge in [-0.2, -0.15) is 11.8 Å². The molecule has 0 heterocycles. The summed E-state index contributed by atoms with van der Waals surface area (Å²) >= 11 is 1.93. The first-order valence-electron chi connectivity index (χ1n) is 6.84. The Morgan fingerprint density at radius 1 is 1.42 bits per heavy atom. The number of thioether (sulfide) groups is 1. The first kappa shape index (κ1) is 14.2. The molecule has 0 saturated heterocycles. The van der Waals surface area contributed by atoms with Crippen molar-refractivity contribution in [3.8, 4) is 0 Å². The van der Waals surface area contributed by atoms with Crippen LogP contribution < -0.4 is 5.32 Å². The van der Waals surface area contributed by atoms with Gasteiger partial charge in [0.2, 0.25) is 0 Å². The van der Waals surface area contributed by atoms with Gasteiger partial charge < -0.3 is 5.32 Å². The quantitative estimate of drug-likeness (QED) is 0.626. The van der Waals surface area contributed by atoms with Crippen molar-refractivity contribution in [1.29, 1.82) is 0 Å². The molecule has 0 amide bonds. The van der Waals surface area contributed by atoms with E-state index in [0.29, 0.717) is 12.2 Å². The van der Waals surface area contributed by atoms with Crippen LogP contribution in [-0.4, -0.2) is 16.7 Å². The van der Waals surface area contributed by atoms with Crippen LogP contribution >= 0.6 is 11.8 Å². The Labute approximate surface area is 118 Å². The number of nitro groups is 1. The Balaban J connectivity index is 2.13. The van der Waals surface area contributed by atoms with Crippen molar-refractivity contribution < 1.29 is 4.92 Å². The van der Waals surface area contributed by atoms with Crippen molar-refractivity contribution in [2.75, 3.05) is 11.9 Å². The van der Waals surface area contributed by atoms with Crippen molar-refractivity contribution in [2.24, 2.45) is 0 Å². The zero-order chi connectivity index (χ0) is 13.7. The molecule has 0 unspecified atom stereocenters. The SMILES string of the molecule is CCNc1c(CSC2CCCC2)cccc1[N+](=O)[O-]. The third-order valence-corrected chi connectivity index (χ3v) is 4.88. The summed E-state index contributed by atoms with van der Waals surface area (Å²) < 4.78 is 0. The highest BCUT2D eigenvalue weighted by atomic mass is 32.2. The molecular weight excluding hydrogens is 260 g/mol. The van der Waals surface area contributed by atoms with Crippen LogP contribution in [0.25, 0.3) is 0 Å². The van der Waals surface area contributed by atoms with Gasteiger partial charge in [0.05, 0.1) is 4.92 Å². The summed E-state index contributed by atoms with van der Waals surface area (Å²) in [5.41, 5.74) is 1.93. The summed E-state index contributed by atoms with van der Waals surface area (Å²) in [7, 11) is 0. The summed E-state index contributed by atoms with van der Waals surface area (Å²) in [5, 5.41) is 14.9. The number of anilines is 1. The second-order valence-electron chi connectivity index (χ2n) is 4.82. The number of benzene rings is 1. The second-order valence-corrected chi connectivity index (χ2v) is 6.10. The number of hydrogen-bond donors (Lipinski definition) is 1. The normalized spacial score (nSPS) is 15.6. The van der Waals surface area contributed by atoms with E-state index in [1.54, 1.807) is 12.1 Å². The van der Waals surface area contributed by atoms with Gasteiger partial charge in [-0.1, -0.05) is 25.0 Å². The van der Waals surface area contributed by atoms with Crippen LogP contribution in [-0.2, 0) is 5.75 Å². The monoisotopic (exact) mass is 280 g/mol. The van der Waals surface area contributed by atoms with Crippen molar-refractivity contribution in [3.05, 3.63) is 33.9 Å². The third-order valence-electron chi connectivity index (χ3n) is 3.46. The number of nitrogens with one attached hydrogen (secondary N) is 1. The highest BCUT2D eigenvalue weighted by molar-refractivity contribution is 7.99. The molecule has 5 heteroatoms. The van der Waals surface area contributed by atoms with Crippen LogP contribution in [0.15, 0.2) is 18.2 Å². The van der Waals surface area contributed by atoms with Crippen LogP contribution in [0.4, 0.5) is 11.4 Å². The van der Waals surface area contributed by atoms with Gasteiger partial charge >= 0.3 is 0 Å². The van der Waals surface area contributed by atoms with Crippen molar-refractivity contribution in [1.82, 2.24) is 0 Å². The van der Waals surface area contributed by atoms with Crippen LogP contribution in [0.5, 0.6) is 0 Å². The zero-order valence-electron chi connectivity index (χ0n) is 11.2. The highest BCUT2D eigenvalue weighted by Crippen LogP contribution is 2.35. The fraction of sp³-hybridized carbons (Fsp3) is 0.571. The maximum absolute atomic E-state index is 11.1. The molecule has 1 fully saturated rings. The zero-order valence-corrected chi connectivity index (χ0v) is 12.0. The number of nitro benzene ring substituents is 1. The van der Waals surface area contributed by atoms with Gasteiger partial charge in [0.25, 0.3) is 5.69 Å². The standard InChI is InChI=1S/C14H20N2O2S/c1-2-15-14-11(6-5-9-13(14)16(17)18)10-19-12-7-3-4-8-12/h5-6,9,12,15H,2-4,7-8,10H2,1H3. The van der Waals surface area contributed by atoms with E-state index in [9.17, 15) is 10.1 Å². The summed E-state index contributed by atoms with van der Waals surface area (Å²) in [6.07, 6.45) is 5.23. The minimum absolute atomic E-state index is 0.186. The molecule has 0 bridgehead atoms. The molecule has 19 heavy (non-hydrogen) atoms. The molecule has 0 aliphatic heterocycles. The lowest BCUT2D eigenvalue weighted by Gasteiger charge is -2.13. The van der Waals surface area contributed by atoms with Gasteiger partial charge in [0.15, 0.2) is 0 Å². The van der Waals surface area contributed by atoms with Gasteiger partial charge in [0, 0.05) is 23.6 Å². The number of nitrogens with zero attached hydrogens (tertiary/aromatic N) is 1. The Bertz CT molecular complexity index is 445. The molecule has 4 nitrogen and oxygen atoms in total. The molecule has 1 aromatic rings. The molecule has 0 atom stereocenters. The predicted molar refractivity (Wildman–Crippen MR) is 80.8 cm³/mol. The number of rotatable bonds is 6. The summed E-state index contributed by atoms with van der Waals surface area (Å²) in [4.78, 5) is 10.8. The minimum Gasteiger partial charge on any atom is -0.380 e. The van der Waals surface area contributed by atoms with E-state index >= 15 is 0 Å². The Hall–Kier alpha value is -1.23. The molecule has 104 valence electrons. The predicted octanol–water partition coefficient (Wildman–Crippen LogP) is 4.20. The second kappa shape index (κ2) is 6.80. The number of hydrogen-bond acceptors (Lipinski definition) is 4. The lowest BCUT2D eigenvalue weighted by atomic mass is 10.1. The average Bonchev–Trinajstić information content (AvgIpc) is 2.90. The third kappa shape index (κ3) is 3.62. The lowest BCUT2D eigenvalue weighted by Crippen LogP contribution is -2.05. The molecule has 1 aliphatic rings. The maximum Gasteiger partial charge on any atom is 0.292 e. The Morgan fingerprint density at radius 3 is 2.79 bits per heavy atom. The number of para-hydroxylation sites is 1. The van der Waals surface area contributed by atoms with Crippen molar-refractivity contribution >= 4 is 23.1 Å². The highest BCUT2D eigenvalue weighted by Gasteiger charge is 2.19. The van der Waals surface area contributed by atoms with E-state index in [0.717, 1.165) is 16.6 Å². The molecule has 2 rings (SSSR count). The fourth-order valence-electron chi connectivity index (χ4n) is 2.50. The minimum atomic E-state index is -0.304. The first-order valence-corrected chi connectivity index (χ1v) is 7.89. The smallest absolute Gasteiger partial charge is 0.292 e. The maximum atomic E-state index is 11.1. The van der Waals surface area contributed by atoms with Gasteiger partial charge in [-0.15, -0.1) is 0 Å². The molecule has 0 aromatic heterocycles. The van der Waals surface area contributed by atoms with Gasteiger partial charge in [-0.25, -0.2) is 0 Å². The molecule has 1 N–H and O–H groups in total. The first-order chi connectivity index (χ1) is 9.22. The van der Waals surface area contributed by atoms with Crippen LogP contribution in [0.1, 0.15) is 38.2 Å². The Kier molecular flexibility index (Phi) is 5.07. The van der Waals surface area contributed by atoms with E-state index in [4.69, 9.17) is 0 Å². The average molecular weight is 280 g/mol. The van der Waals surface area contributed by atoms with Gasteiger partial charge in [-0.05, 0) is 25.3 Å². The van der Waals surface area contributed by atoms with Crippen LogP contribution in [0, 0.1) is 10.1 Å². The summed E-state index contributed by atoms with van der Waals surface area (Å²) in [5.74, 6) is 0.856. The molecule has 1 aromatic carbocycles. The van der Waals surface area contributed by atoms with Crippen molar-refractivity contribution in [2.45, 2.75) is 43.6 Å². The fourth-order valence-corrected chi connectivity index (χ4v) is 3.83. The van der Waals surface area contributed by atoms with Gasteiger partial charge in [0.1, 0.15) is 5.69 Å². The Morgan fingerprint density at radius 2 is 2.16 bits per heavy atom. The van der Waals surface area contributed by atoms with Gasteiger partial charge in [-0.3, -0.25) is 10.1 Å². The topological polar surface area (TPSA) is 55.2 Å². The largest absolute Gasteiger partial charge is 0.380 e. The van der Waals surface area contributed by atoms with Crippen LogP contribution in [0.3, 0.4) is 0 Å². The lowest BCUT2D eigenvalue weighted by molar-refractivity contribution is -0.384. The molecule has 1 saturated carbocycles. The van der Waals surface area contributed by atoms with E-state index < -0.39 is 0 Å². The molecular formula is C14H20N2O2S. The molecule has 1 aliphatic carbocycles. The molecule has 0 radical (unpaired) electrons. The van der Waals surface area contributed by atoms with E-state index in [1.807, 2.05) is 24.8 Å².